The minimum atomic E-state index is -0.415. The molecule has 0 saturated heterocycles. The summed E-state index contributed by atoms with van der Waals surface area (Å²) < 4.78 is 22.9. The number of aromatic nitrogens is 7. The third-order valence-corrected chi connectivity index (χ3v) is 3.35. The zero-order chi connectivity index (χ0) is 14.1. The molecule has 0 aliphatic heterocycles. The van der Waals surface area contributed by atoms with E-state index in [9.17, 15) is 4.79 Å². The van der Waals surface area contributed by atoms with Crippen LogP contribution in [0.5, 0.6) is 5.19 Å². The number of tetrazole rings is 1. The summed E-state index contributed by atoms with van der Waals surface area (Å²) in [6.07, 6.45) is 0.145. The second-order valence-corrected chi connectivity index (χ2v) is 4.71. The summed E-state index contributed by atoms with van der Waals surface area (Å²) >= 11 is 2.16. The Hall–Kier alpha value is -2.14. The number of rotatable bonds is 4. The maximum Gasteiger partial charge on any atom is 0.369 e. The van der Waals surface area contributed by atoms with E-state index in [0.717, 1.165) is 21.1 Å². The topological polar surface area (TPSA) is 101 Å². The fourth-order valence-electron chi connectivity index (χ4n) is 1.28. The van der Waals surface area contributed by atoms with E-state index < -0.39 is 5.69 Å². The van der Waals surface area contributed by atoms with Crippen molar-refractivity contribution < 1.29 is 6.11 Å². The molecule has 19 heavy (non-hydrogen) atoms. The molecular weight excluding hydrogens is 290 g/mol. The van der Waals surface area contributed by atoms with Crippen LogP contribution in [-0.4, -0.2) is 33.5 Å². The smallest absolute Gasteiger partial charge is 0.369 e. The van der Waals surface area contributed by atoms with Crippen LogP contribution in [0.3, 0.4) is 0 Å². The van der Waals surface area contributed by atoms with Gasteiger partial charge in [-0.1, -0.05) is 11.3 Å². The second-order valence-electron chi connectivity index (χ2n) is 3.36. The van der Waals surface area contributed by atoms with Gasteiger partial charge in [-0.05, 0) is 10.4 Å². The SMILES string of the molecule is [3H]c1csc(OCc2nsnc2-n2nnn(C)c2=O)n1. The van der Waals surface area contributed by atoms with Crippen LogP contribution in [-0.2, 0) is 13.7 Å². The Balaban J connectivity index is 1.83. The van der Waals surface area contributed by atoms with Gasteiger partial charge in [0, 0.05) is 18.6 Å². The summed E-state index contributed by atoms with van der Waals surface area (Å²) in [6.45, 7) is 0.0851. The molecule has 98 valence electrons. The number of thiazole rings is 1. The molecule has 0 atom stereocenters. The van der Waals surface area contributed by atoms with Gasteiger partial charge < -0.3 is 4.74 Å². The Morgan fingerprint density at radius 1 is 1.47 bits per heavy atom. The van der Waals surface area contributed by atoms with Crippen molar-refractivity contribution in [3.8, 4) is 11.0 Å². The lowest BCUT2D eigenvalue weighted by Gasteiger charge is -2.00. The molecule has 3 heterocycles. The van der Waals surface area contributed by atoms with Crippen molar-refractivity contribution in [1.29, 1.82) is 0 Å². The van der Waals surface area contributed by atoms with Crippen LogP contribution in [0.4, 0.5) is 0 Å². The first kappa shape index (κ1) is 10.8. The predicted molar refractivity (Wildman–Crippen MR) is 66.5 cm³/mol. The summed E-state index contributed by atoms with van der Waals surface area (Å²) in [4.78, 5) is 15.6. The zero-order valence-electron chi connectivity index (χ0n) is 10.5. The lowest BCUT2D eigenvalue weighted by Crippen LogP contribution is -2.23. The molecule has 3 aromatic heterocycles. The van der Waals surface area contributed by atoms with Crippen molar-refractivity contribution in [2.24, 2.45) is 7.05 Å². The summed E-state index contributed by atoms with van der Waals surface area (Å²) in [5.41, 5.74) is 0.0426. The molecule has 0 bridgehead atoms. The number of ether oxygens (including phenoxy) is 1. The molecule has 11 heteroatoms. The van der Waals surface area contributed by atoms with E-state index in [1.807, 2.05) is 0 Å². The van der Waals surface area contributed by atoms with Crippen LogP contribution >= 0.6 is 23.1 Å². The highest BCUT2D eigenvalue weighted by molar-refractivity contribution is 7.11. The van der Waals surface area contributed by atoms with Crippen molar-refractivity contribution in [1.82, 2.24) is 33.5 Å². The second kappa shape index (κ2) is 4.85. The summed E-state index contributed by atoms with van der Waals surface area (Å²) in [7, 11) is 1.49. The average Bonchev–Trinajstić information content (AvgIpc) is 3.11. The van der Waals surface area contributed by atoms with Crippen LogP contribution in [0.2, 0.25) is 0 Å². The normalized spacial score (nSPS) is 11.5. The zero-order valence-corrected chi connectivity index (χ0v) is 11.2. The third kappa shape index (κ3) is 2.24. The summed E-state index contributed by atoms with van der Waals surface area (Å²) in [5.74, 6) is 0.288. The molecular formula is C8H7N7O2S2. The monoisotopic (exact) mass is 299 g/mol. The minimum Gasteiger partial charge on any atom is -0.463 e. The molecule has 0 aliphatic carbocycles. The number of aryl methyl sites for hydroxylation is 1. The van der Waals surface area contributed by atoms with Gasteiger partial charge in [-0.3, -0.25) is 0 Å². The molecule has 0 unspecified atom stereocenters. The number of hydrogen-bond donors (Lipinski definition) is 0. The van der Waals surface area contributed by atoms with Gasteiger partial charge in [0.05, 0.1) is 13.1 Å². The van der Waals surface area contributed by atoms with Crippen LogP contribution in [0.15, 0.2) is 16.3 Å². The molecule has 9 nitrogen and oxygen atoms in total. The molecule has 0 saturated carbocycles. The minimum absolute atomic E-state index is 0.0851. The van der Waals surface area contributed by atoms with Crippen LogP contribution in [0.25, 0.3) is 5.82 Å². The van der Waals surface area contributed by atoms with Crippen LogP contribution in [0.1, 0.15) is 7.06 Å². The van der Waals surface area contributed by atoms with E-state index in [1.54, 1.807) is 5.38 Å². The third-order valence-electron chi connectivity index (χ3n) is 2.16. The number of nitrogens with zero attached hydrogens (tertiary/aromatic N) is 7. The molecule has 0 N–H and O–H groups in total. The van der Waals surface area contributed by atoms with Crippen LogP contribution < -0.4 is 10.4 Å². The van der Waals surface area contributed by atoms with E-state index in [4.69, 9.17) is 6.11 Å². The fraction of sp³-hybridized carbons (Fsp3) is 0.250. The van der Waals surface area contributed by atoms with E-state index in [-0.39, 0.29) is 18.6 Å². The quantitative estimate of drug-likeness (QED) is 0.660. The van der Waals surface area contributed by atoms with Gasteiger partial charge in [0.1, 0.15) is 12.3 Å². The van der Waals surface area contributed by atoms with E-state index >= 15 is 0 Å². The van der Waals surface area contributed by atoms with Crippen molar-refractivity contribution in [3.05, 3.63) is 27.7 Å². The average molecular weight is 299 g/mol. The van der Waals surface area contributed by atoms with E-state index in [1.165, 1.54) is 18.4 Å². The van der Waals surface area contributed by atoms with Crippen molar-refractivity contribution in [2.75, 3.05) is 0 Å². The van der Waals surface area contributed by atoms with E-state index in [2.05, 4.69) is 24.2 Å². The standard InChI is InChI=1S/C8H7N7O2S2/c1-14-8(16)15(13-12-14)6-5(10-19-11-6)4-17-7-9-2-3-18-7/h2-3H,4H2,1H3/i2T. The fourth-order valence-corrected chi connectivity index (χ4v) is 2.25. The molecule has 0 fully saturated rings. The van der Waals surface area contributed by atoms with Gasteiger partial charge in [0.2, 0.25) is 5.82 Å². The van der Waals surface area contributed by atoms with Gasteiger partial charge in [0.15, 0.2) is 0 Å². The highest BCUT2D eigenvalue weighted by Crippen LogP contribution is 2.17. The summed E-state index contributed by atoms with van der Waals surface area (Å²) in [5, 5.41) is 9.23. The molecule has 0 spiro atoms. The van der Waals surface area contributed by atoms with Crippen molar-refractivity contribution in [3.63, 3.8) is 0 Å². The van der Waals surface area contributed by atoms with Crippen LogP contribution in [0, 0.1) is 0 Å². The first-order valence-electron chi connectivity index (χ1n) is 5.51. The number of hydrogen-bond acceptors (Lipinski definition) is 9. The van der Waals surface area contributed by atoms with Gasteiger partial charge in [-0.15, -0.1) is 4.68 Å². The van der Waals surface area contributed by atoms with Gasteiger partial charge in [-0.2, -0.15) is 13.4 Å². The maximum atomic E-state index is 11.8. The van der Waals surface area contributed by atoms with Crippen molar-refractivity contribution in [2.45, 2.75) is 6.61 Å². The molecule has 0 amide bonds. The van der Waals surface area contributed by atoms with Gasteiger partial charge >= 0.3 is 5.69 Å². The molecule has 3 rings (SSSR count). The van der Waals surface area contributed by atoms with E-state index in [0.29, 0.717) is 10.9 Å². The van der Waals surface area contributed by atoms with Gasteiger partial charge in [-0.25, -0.2) is 9.78 Å². The first-order chi connectivity index (χ1) is 9.65. The first-order valence-corrected chi connectivity index (χ1v) is 6.62. The highest BCUT2D eigenvalue weighted by Gasteiger charge is 2.16. The Morgan fingerprint density at radius 3 is 3.05 bits per heavy atom. The lowest BCUT2D eigenvalue weighted by molar-refractivity contribution is 0.300. The molecule has 0 aromatic carbocycles. The largest absolute Gasteiger partial charge is 0.463 e. The Kier molecular flexibility index (Phi) is 2.75. The van der Waals surface area contributed by atoms with Crippen molar-refractivity contribution >= 4 is 23.1 Å². The highest BCUT2D eigenvalue weighted by atomic mass is 32.1. The summed E-state index contributed by atoms with van der Waals surface area (Å²) in [6, 6.07) is 0. The Labute approximate surface area is 115 Å². The molecule has 0 aliphatic rings. The molecule has 3 aromatic rings. The Morgan fingerprint density at radius 2 is 2.37 bits per heavy atom. The molecule has 0 radical (unpaired) electrons. The lowest BCUT2D eigenvalue weighted by atomic mass is 10.4. The Bertz CT molecular complexity index is 791. The van der Waals surface area contributed by atoms with Gasteiger partial charge in [0.25, 0.3) is 5.19 Å². The maximum absolute atomic E-state index is 11.8. The predicted octanol–water partition coefficient (Wildman–Crippen LogP) is -0.147.